The standard InChI is InChI=1S/C15H14Cl2O.C9H11BrN4/c1-3-18-14-9-8-13(17)10(2)15(14)11-4-6-12(16)7-5-11;1-5(2)9-13-7(10)6-8(11)12-3-4-14(6)9/h4-9H,3H2,1-2H3;3-5H,1-2H3,(H2,11,12). The first-order valence-corrected chi connectivity index (χ1v) is 11.7. The molecule has 0 amide bonds. The SMILES string of the molecule is CC(C)c1nc(Br)c2c(N)nccn12.CCOc1ccc(Cl)c(C)c1-c1ccc(Cl)cc1. The Morgan fingerprint density at radius 1 is 1.12 bits per heavy atom. The Bertz CT molecular complexity index is 1220. The highest BCUT2D eigenvalue weighted by Gasteiger charge is 2.14. The van der Waals surface area contributed by atoms with E-state index in [1.807, 2.05) is 60.8 Å². The summed E-state index contributed by atoms with van der Waals surface area (Å²) in [7, 11) is 0. The summed E-state index contributed by atoms with van der Waals surface area (Å²) in [5.41, 5.74) is 9.72. The van der Waals surface area contributed by atoms with Gasteiger partial charge in [-0.1, -0.05) is 49.2 Å². The number of aromatic nitrogens is 3. The summed E-state index contributed by atoms with van der Waals surface area (Å²) in [4.78, 5) is 8.44. The van der Waals surface area contributed by atoms with Crippen LogP contribution in [0.3, 0.4) is 0 Å². The highest BCUT2D eigenvalue weighted by Crippen LogP contribution is 2.37. The van der Waals surface area contributed by atoms with E-state index < -0.39 is 0 Å². The Kier molecular flexibility index (Phi) is 8.04. The molecule has 0 aliphatic carbocycles. The monoisotopic (exact) mass is 534 g/mol. The molecule has 0 fully saturated rings. The van der Waals surface area contributed by atoms with E-state index in [9.17, 15) is 0 Å². The molecule has 4 aromatic rings. The number of halogens is 3. The van der Waals surface area contributed by atoms with Gasteiger partial charge < -0.3 is 10.5 Å². The van der Waals surface area contributed by atoms with Crippen molar-refractivity contribution in [2.75, 3.05) is 12.3 Å². The van der Waals surface area contributed by atoms with E-state index in [4.69, 9.17) is 33.7 Å². The van der Waals surface area contributed by atoms with Gasteiger partial charge in [-0.25, -0.2) is 9.97 Å². The highest BCUT2D eigenvalue weighted by atomic mass is 79.9. The van der Waals surface area contributed by atoms with E-state index >= 15 is 0 Å². The molecule has 5 nitrogen and oxygen atoms in total. The van der Waals surface area contributed by atoms with Crippen molar-refractivity contribution in [1.29, 1.82) is 0 Å². The van der Waals surface area contributed by atoms with Crippen LogP contribution in [0, 0.1) is 6.92 Å². The summed E-state index contributed by atoms with van der Waals surface area (Å²) in [6, 6.07) is 11.5. The number of benzene rings is 2. The number of imidazole rings is 1. The van der Waals surface area contributed by atoms with E-state index in [1.54, 1.807) is 6.20 Å². The third-order valence-electron chi connectivity index (χ3n) is 4.88. The summed E-state index contributed by atoms with van der Waals surface area (Å²) >= 11 is 15.5. The van der Waals surface area contributed by atoms with Crippen LogP contribution in [0.4, 0.5) is 5.82 Å². The van der Waals surface area contributed by atoms with Gasteiger partial charge in [0.15, 0.2) is 5.82 Å². The third kappa shape index (κ3) is 5.20. The Hall–Kier alpha value is -2.28. The van der Waals surface area contributed by atoms with Crippen molar-refractivity contribution in [3.8, 4) is 16.9 Å². The number of ether oxygens (including phenoxy) is 1. The van der Waals surface area contributed by atoms with Crippen LogP contribution in [0.5, 0.6) is 5.75 Å². The molecule has 2 aromatic heterocycles. The molecule has 2 N–H and O–H groups in total. The zero-order valence-electron chi connectivity index (χ0n) is 18.4. The minimum Gasteiger partial charge on any atom is -0.493 e. The van der Waals surface area contributed by atoms with Gasteiger partial charge in [0.1, 0.15) is 21.7 Å². The van der Waals surface area contributed by atoms with Crippen LogP contribution < -0.4 is 10.5 Å². The van der Waals surface area contributed by atoms with Crippen LogP contribution in [0.25, 0.3) is 16.6 Å². The number of nitrogen functional groups attached to an aromatic ring is 1. The number of hydrogen-bond acceptors (Lipinski definition) is 4. The molecule has 0 bridgehead atoms. The fraction of sp³-hybridized carbons (Fsp3) is 0.250. The molecule has 0 saturated carbocycles. The van der Waals surface area contributed by atoms with Crippen LogP contribution in [-0.4, -0.2) is 21.0 Å². The van der Waals surface area contributed by atoms with Gasteiger partial charge in [0.2, 0.25) is 0 Å². The maximum Gasteiger partial charge on any atom is 0.150 e. The zero-order valence-corrected chi connectivity index (χ0v) is 21.5. The molecule has 0 spiro atoms. The van der Waals surface area contributed by atoms with Crippen molar-refractivity contribution in [2.45, 2.75) is 33.6 Å². The van der Waals surface area contributed by atoms with Crippen molar-refractivity contribution in [3.63, 3.8) is 0 Å². The molecule has 4 rings (SSSR count). The lowest BCUT2D eigenvalue weighted by Gasteiger charge is -2.14. The van der Waals surface area contributed by atoms with E-state index in [2.05, 4.69) is 39.7 Å². The van der Waals surface area contributed by atoms with Crippen LogP contribution in [-0.2, 0) is 0 Å². The maximum absolute atomic E-state index is 6.19. The van der Waals surface area contributed by atoms with Crippen molar-refractivity contribution in [1.82, 2.24) is 14.4 Å². The fourth-order valence-electron chi connectivity index (χ4n) is 3.36. The van der Waals surface area contributed by atoms with Gasteiger partial charge in [0.25, 0.3) is 0 Å². The Balaban J connectivity index is 0.000000186. The molecule has 2 aromatic carbocycles. The molecule has 168 valence electrons. The van der Waals surface area contributed by atoms with Gasteiger partial charge in [0.05, 0.1) is 6.61 Å². The summed E-state index contributed by atoms with van der Waals surface area (Å²) in [6.45, 7) is 8.78. The summed E-state index contributed by atoms with van der Waals surface area (Å²) in [5.74, 6) is 2.69. The number of nitrogens with zero attached hydrogens (tertiary/aromatic N) is 3. The molecule has 0 radical (unpaired) electrons. The number of hydrogen-bond donors (Lipinski definition) is 1. The highest BCUT2D eigenvalue weighted by molar-refractivity contribution is 9.10. The second-order valence-electron chi connectivity index (χ2n) is 7.43. The largest absolute Gasteiger partial charge is 0.493 e. The summed E-state index contributed by atoms with van der Waals surface area (Å²) < 4.78 is 8.39. The molecule has 0 saturated heterocycles. The van der Waals surface area contributed by atoms with Crippen LogP contribution in [0.2, 0.25) is 10.0 Å². The van der Waals surface area contributed by atoms with Crippen molar-refractivity contribution in [2.24, 2.45) is 0 Å². The normalized spacial score (nSPS) is 10.9. The molecular formula is C24H25BrCl2N4O. The predicted octanol–water partition coefficient (Wildman–Crippen LogP) is 7.56. The van der Waals surface area contributed by atoms with Gasteiger partial charge in [0, 0.05) is 33.9 Å². The average molecular weight is 536 g/mol. The Morgan fingerprint density at radius 2 is 1.81 bits per heavy atom. The Morgan fingerprint density at radius 3 is 2.44 bits per heavy atom. The quantitative estimate of drug-likeness (QED) is 0.292. The van der Waals surface area contributed by atoms with E-state index in [1.165, 1.54) is 0 Å². The third-order valence-corrected chi connectivity index (χ3v) is 6.09. The second kappa shape index (κ2) is 10.6. The molecule has 0 atom stereocenters. The number of anilines is 1. The van der Waals surface area contributed by atoms with E-state index in [0.29, 0.717) is 18.3 Å². The molecule has 0 unspecified atom stereocenters. The van der Waals surface area contributed by atoms with E-state index in [-0.39, 0.29) is 0 Å². The van der Waals surface area contributed by atoms with Gasteiger partial charge in [-0.05, 0) is 65.2 Å². The summed E-state index contributed by atoms with van der Waals surface area (Å²) in [6.07, 6.45) is 3.56. The lowest BCUT2D eigenvalue weighted by molar-refractivity contribution is 0.341. The van der Waals surface area contributed by atoms with Gasteiger partial charge >= 0.3 is 0 Å². The van der Waals surface area contributed by atoms with Crippen molar-refractivity contribution in [3.05, 3.63) is 74.8 Å². The van der Waals surface area contributed by atoms with E-state index in [0.717, 1.165) is 48.4 Å². The Labute approximate surface area is 206 Å². The first-order chi connectivity index (χ1) is 15.2. The minimum atomic E-state index is 0.357. The van der Waals surface area contributed by atoms with Crippen LogP contribution >= 0.6 is 39.1 Å². The second-order valence-corrected chi connectivity index (χ2v) is 9.03. The number of fused-ring (bicyclic) bond motifs is 1. The smallest absolute Gasteiger partial charge is 0.150 e. The number of nitrogens with two attached hydrogens (primary N) is 1. The first-order valence-electron chi connectivity index (χ1n) is 10.2. The fourth-order valence-corrected chi connectivity index (χ4v) is 4.22. The molecule has 32 heavy (non-hydrogen) atoms. The van der Waals surface area contributed by atoms with Crippen LogP contribution in [0.15, 0.2) is 53.4 Å². The molecular weight excluding hydrogens is 511 g/mol. The summed E-state index contributed by atoms with van der Waals surface area (Å²) in [5, 5.41) is 1.46. The molecule has 0 aliphatic heterocycles. The average Bonchev–Trinajstić information content (AvgIpc) is 3.11. The van der Waals surface area contributed by atoms with Gasteiger partial charge in [-0.3, -0.25) is 4.40 Å². The molecule has 2 heterocycles. The molecule has 0 aliphatic rings. The van der Waals surface area contributed by atoms with Crippen LogP contribution in [0.1, 0.15) is 38.1 Å². The van der Waals surface area contributed by atoms with Crippen molar-refractivity contribution >= 4 is 50.5 Å². The van der Waals surface area contributed by atoms with Gasteiger partial charge in [-0.15, -0.1) is 0 Å². The minimum absolute atomic E-state index is 0.357. The number of rotatable bonds is 4. The maximum atomic E-state index is 6.19. The van der Waals surface area contributed by atoms with Crippen molar-refractivity contribution < 1.29 is 4.74 Å². The molecule has 8 heteroatoms. The topological polar surface area (TPSA) is 65.4 Å². The lowest BCUT2D eigenvalue weighted by atomic mass is 9.99. The first kappa shape index (κ1) is 24.4. The zero-order chi connectivity index (χ0) is 23.4. The van der Waals surface area contributed by atoms with Gasteiger partial charge in [-0.2, -0.15) is 0 Å². The predicted molar refractivity (Wildman–Crippen MR) is 137 cm³/mol. The lowest BCUT2D eigenvalue weighted by Crippen LogP contribution is -1.99.